The summed E-state index contributed by atoms with van der Waals surface area (Å²) in [6.45, 7) is 1.08. The number of nitrogens with zero attached hydrogens (tertiary/aromatic N) is 3. The molecule has 2 rings (SSSR count). The van der Waals surface area contributed by atoms with E-state index in [2.05, 4.69) is 21.0 Å². The molecule has 0 fully saturated rings. The molecule has 0 N–H and O–H groups in total. The monoisotopic (exact) mass is 381 g/mol. The van der Waals surface area contributed by atoms with E-state index in [1.807, 2.05) is 24.1 Å². The van der Waals surface area contributed by atoms with Crippen molar-refractivity contribution in [3.63, 3.8) is 0 Å². The zero-order chi connectivity index (χ0) is 14.0. The number of hydrogen-bond donors (Lipinski definition) is 0. The minimum Gasteiger partial charge on any atom is -0.282 e. The first-order valence-electron chi connectivity index (χ1n) is 5.31. The zero-order valence-corrected chi connectivity index (χ0v) is 13.9. The number of aromatic nitrogens is 2. The van der Waals surface area contributed by atoms with Gasteiger partial charge in [0.15, 0.2) is 0 Å². The molecule has 19 heavy (non-hydrogen) atoms. The summed E-state index contributed by atoms with van der Waals surface area (Å²) in [6.07, 6.45) is 1.38. The quantitative estimate of drug-likeness (QED) is 0.812. The highest BCUT2D eigenvalue weighted by Gasteiger charge is 2.10. The van der Waals surface area contributed by atoms with Gasteiger partial charge in [0, 0.05) is 11.4 Å². The van der Waals surface area contributed by atoms with E-state index in [0.717, 1.165) is 10.3 Å². The van der Waals surface area contributed by atoms with Gasteiger partial charge < -0.3 is 0 Å². The maximum absolute atomic E-state index is 11.8. The van der Waals surface area contributed by atoms with Crippen LogP contribution in [0.5, 0.6) is 0 Å². The van der Waals surface area contributed by atoms with Gasteiger partial charge in [0.05, 0.1) is 21.7 Å². The Kier molecular flexibility index (Phi) is 5.03. The normalized spacial score (nSPS) is 11.2. The van der Waals surface area contributed by atoms with Crippen LogP contribution in [0.15, 0.2) is 26.9 Å². The summed E-state index contributed by atoms with van der Waals surface area (Å²) in [7, 11) is 1.91. The van der Waals surface area contributed by atoms with Gasteiger partial charge in [-0.15, -0.1) is 11.3 Å². The molecule has 2 aromatic heterocycles. The van der Waals surface area contributed by atoms with Crippen molar-refractivity contribution in [3.05, 3.63) is 47.4 Å². The van der Waals surface area contributed by atoms with Gasteiger partial charge in [0.1, 0.15) is 5.02 Å². The summed E-state index contributed by atoms with van der Waals surface area (Å²) in [4.78, 5) is 15.0. The van der Waals surface area contributed by atoms with Crippen LogP contribution >= 0.6 is 50.5 Å². The first-order chi connectivity index (χ1) is 8.97. The molecule has 2 heterocycles. The SMILES string of the molecule is CN(Cc1ccc(Br)s1)Cn1ncc(Cl)c(Cl)c1=O. The lowest BCUT2D eigenvalue weighted by Crippen LogP contribution is -2.31. The van der Waals surface area contributed by atoms with Gasteiger partial charge in [-0.3, -0.25) is 9.69 Å². The van der Waals surface area contributed by atoms with Crippen molar-refractivity contribution < 1.29 is 0 Å². The summed E-state index contributed by atoms with van der Waals surface area (Å²) in [6, 6.07) is 4.04. The smallest absolute Gasteiger partial charge is 0.282 e. The molecule has 0 aliphatic rings. The molecule has 0 aliphatic heterocycles. The van der Waals surface area contributed by atoms with Gasteiger partial charge in [0.2, 0.25) is 0 Å². The van der Waals surface area contributed by atoms with Crippen LogP contribution in [0, 0.1) is 0 Å². The third kappa shape index (κ3) is 3.79. The van der Waals surface area contributed by atoms with Gasteiger partial charge in [-0.1, -0.05) is 23.2 Å². The van der Waals surface area contributed by atoms with Crippen molar-refractivity contribution in [1.29, 1.82) is 0 Å². The maximum atomic E-state index is 11.8. The Hall–Kier alpha value is -0.400. The predicted octanol–water partition coefficient (Wildman–Crippen LogP) is 3.46. The highest BCUT2D eigenvalue weighted by Crippen LogP contribution is 2.23. The van der Waals surface area contributed by atoms with Crippen LogP contribution in [-0.2, 0) is 13.2 Å². The van der Waals surface area contributed by atoms with Crippen molar-refractivity contribution in [1.82, 2.24) is 14.7 Å². The molecule has 0 spiro atoms. The summed E-state index contributed by atoms with van der Waals surface area (Å²) in [5.74, 6) is 0. The van der Waals surface area contributed by atoms with Crippen LogP contribution in [0.25, 0.3) is 0 Å². The molecule has 8 heteroatoms. The van der Waals surface area contributed by atoms with Crippen LogP contribution in [0.1, 0.15) is 4.88 Å². The van der Waals surface area contributed by atoms with E-state index in [1.54, 1.807) is 11.3 Å². The highest BCUT2D eigenvalue weighted by atomic mass is 79.9. The zero-order valence-electron chi connectivity index (χ0n) is 9.94. The molecule has 102 valence electrons. The molecule has 0 bridgehead atoms. The average Bonchev–Trinajstić information content (AvgIpc) is 2.75. The summed E-state index contributed by atoms with van der Waals surface area (Å²) >= 11 is 16.6. The molecule has 0 unspecified atom stereocenters. The second-order valence-corrected chi connectivity index (χ2v) is 7.31. The van der Waals surface area contributed by atoms with Crippen LogP contribution < -0.4 is 5.56 Å². The molecule has 0 radical (unpaired) electrons. The van der Waals surface area contributed by atoms with E-state index in [1.165, 1.54) is 15.8 Å². The van der Waals surface area contributed by atoms with Gasteiger partial charge >= 0.3 is 0 Å². The van der Waals surface area contributed by atoms with Crippen molar-refractivity contribution >= 4 is 50.5 Å². The average molecular weight is 383 g/mol. The first-order valence-corrected chi connectivity index (χ1v) is 7.68. The lowest BCUT2D eigenvalue weighted by molar-refractivity contribution is 0.242. The van der Waals surface area contributed by atoms with Gasteiger partial charge in [-0.2, -0.15) is 5.10 Å². The second-order valence-electron chi connectivity index (χ2n) is 3.97. The van der Waals surface area contributed by atoms with Crippen LogP contribution in [-0.4, -0.2) is 21.7 Å². The molecule has 0 saturated carbocycles. The molecule has 0 atom stereocenters. The Morgan fingerprint density at radius 1 is 1.47 bits per heavy atom. The Balaban J connectivity index is 2.09. The minimum atomic E-state index is -0.381. The van der Waals surface area contributed by atoms with Crippen molar-refractivity contribution in [2.24, 2.45) is 0 Å². The summed E-state index contributed by atoms with van der Waals surface area (Å²) in [5.41, 5.74) is -0.381. The van der Waals surface area contributed by atoms with E-state index >= 15 is 0 Å². The molecule has 4 nitrogen and oxygen atoms in total. The molecular formula is C11H10BrCl2N3OS. The van der Waals surface area contributed by atoms with Gasteiger partial charge in [0.25, 0.3) is 5.56 Å². The Morgan fingerprint density at radius 2 is 2.21 bits per heavy atom. The number of thiophene rings is 1. The fourth-order valence-corrected chi connectivity index (χ4v) is 3.36. The summed E-state index contributed by atoms with van der Waals surface area (Å²) in [5, 5.41) is 4.14. The lowest BCUT2D eigenvalue weighted by atomic mass is 10.4. The molecule has 0 amide bonds. The third-order valence-electron chi connectivity index (χ3n) is 2.37. The standard InChI is InChI=1S/C11H10BrCl2N3OS/c1-16(5-7-2-3-9(12)19-7)6-17-11(18)10(14)8(13)4-15-17/h2-4H,5-6H2,1H3. The fraction of sp³-hybridized carbons (Fsp3) is 0.273. The molecular weight excluding hydrogens is 373 g/mol. The topological polar surface area (TPSA) is 38.1 Å². The van der Waals surface area contributed by atoms with E-state index in [9.17, 15) is 4.79 Å². The van der Waals surface area contributed by atoms with Crippen LogP contribution in [0.3, 0.4) is 0 Å². The molecule has 0 aromatic carbocycles. The Labute approximate surface area is 132 Å². The highest BCUT2D eigenvalue weighted by molar-refractivity contribution is 9.11. The largest absolute Gasteiger partial charge is 0.288 e. The fourth-order valence-electron chi connectivity index (χ4n) is 1.53. The van der Waals surface area contributed by atoms with Crippen LogP contribution in [0.4, 0.5) is 0 Å². The van der Waals surface area contributed by atoms with Crippen molar-refractivity contribution in [3.8, 4) is 0 Å². The predicted molar refractivity (Wildman–Crippen MR) is 82.0 cm³/mol. The molecule has 0 aliphatic carbocycles. The lowest BCUT2D eigenvalue weighted by Gasteiger charge is -2.16. The number of halogens is 3. The van der Waals surface area contributed by atoms with Crippen molar-refractivity contribution in [2.45, 2.75) is 13.2 Å². The molecule has 0 saturated heterocycles. The van der Waals surface area contributed by atoms with E-state index in [0.29, 0.717) is 6.67 Å². The number of rotatable bonds is 4. The van der Waals surface area contributed by atoms with Crippen molar-refractivity contribution in [2.75, 3.05) is 7.05 Å². The van der Waals surface area contributed by atoms with E-state index in [-0.39, 0.29) is 15.6 Å². The first kappa shape index (κ1) is 15.0. The number of hydrogen-bond acceptors (Lipinski definition) is 4. The Bertz CT molecular complexity index is 643. The third-order valence-corrected chi connectivity index (χ3v) is 4.73. The van der Waals surface area contributed by atoms with Gasteiger partial charge in [-0.05, 0) is 35.1 Å². The van der Waals surface area contributed by atoms with E-state index < -0.39 is 0 Å². The van der Waals surface area contributed by atoms with Crippen LogP contribution in [0.2, 0.25) is 10.0 Å². The van der Waals surface area contributed by atoms with Gasteiger partial charge in [-0.25, -0.2) is 4.68 Å². The summed E-state index contributed by atoms with van der Waals surface area (Å²) < 4.78 is 2.37. The maximum Gasteiger partial charge on any atom is 0.288 e. The van der Waals surface area contributed by atoms with E-state index in [4.69, 9.17) is 23.2 Å². The molecule has 2 aromatic rings. The Morgan fingerprint density at radius 3 is 2.84 bits per heavy atom. The minimum absolute atomic E-state index is 0.00364. The second kappa shape index (κ2) is 6.37.